The summed E-state index contributed by atoms with van der Waals surface area (Å²) >= 11 is 0. The molecule has 7 heteroatoms. The number of hydrogen-bond acceptors (Lipinski definition) is 0. The Balaban J connectivity index is 0.000000199. The maximum atomic E-state index is 13.1. The van der Waals surface area contributed by atoms with E-state index in [9.17, 15) is 17.6 Å². The summed E-state index contributed by atoms with van der Waals surface area (Å²) in [5.41, 5.74) is 0.866. The van der Waals surface area contributed by atoms with Gasteiger partial charge in [0, 0.05) is 61.1 Å². The first kappa shape index (κ1) is 31.6. The predicted molar refractivity (Wildman–Crippen MR) is 141 cm³/mol. The molecule has 0 bridgehead atoms. The molecule has 0 unspecified atom stereocenters. The molecule has 0 spiro atoms. The van der Waals surface area contributed by atoms with Gasteiger partial charge in [0.1, 0.15) is 0 Å². The van der Waals surface area contributed by atoms with Crippen molar-refractivity contribution in [2.75, 3.05) is 0 Å². The van der Waals surface area contributed by atoms with Crippen LogP contribution in [-0.2, 0) is 34.8 Å². The van der Waals surface area contributed by atoms with Gasteiger partial charge < -0.3 is 9.13 Å². The fourth-order valence-corrected chi connectivity index (χ4v) is 3.22. The summed E-state index contributed by atoms with van der Waals surface area (Å²) in [6.07, 6.45) is 27.3. The Morgan fingerprint density at radius 2 is 0.974 bits per heavy atom. The third-order valence-electron chi connectivity index (χ3n) is 5.09. The van der Waals surface area contributed by atoms with Crippen molar-refractivity contribution in [3.05, 3.63) is 168 Å². The van der Waals surface area contributed by atoms with Crippen LogP contribution in [0.4, 0.5) is 17.6 Å². The van der Waals surface area contributed by atoms with E-state index >= 15 is 0 Å². The van der Waals surface area contributed by atoms with Crippen molar-refractivity contribution in [2.24, 2.45) is 0 Å². The van der Waals surface area contributed by atoms with Crippen LogP contribution in [0, 0.1) is 47.6 Å². The average molecular weight is 562 g/mol. The molecule has 0 amide bonds. The van der Waals surface area contributed by atoms with Gasteiger partial charge in [0.2, 0.25) is 0 Å². The van der Waals surface area contributed by atoms with Crippen LogP contribution < -0.4 is 0 Å². The molecule has 0 radical (unpaired) electrons. The molecular formula is C32H26F4N2Ti. The fourth-order valence-electron chi connectivity index (χ4n) is 3.22. The van der Waals surface area contributed by atoms with Crippen molar-refractivity contribution in [2.45, 2.75) is 25.9 Å². The van der Waals surface area contributed by atoms with Crippen LogP contribution in [0.15, 0.2) is 110 Å². The van der Waals surface area contributed by atoms with Crippen LogP contribution in [0.3, 0.4) is 0 Å². The summed E-state index contributed by atoms with van der Waals surface area (Å²) in [6.45, 7) is 0.797. The monoisotopic (exact) mass is 562 g/mol. The first-order valence-electron chi connectivity index (χ1n) is 11.9. The maximum absolute atomic E-state index is 13.1. The summed E-state index contributed by atoms with van der Waals surface area (Å²) in [6, 6.07) is 16.7. The molecule has 2 aliphatic rings. The van der Waals surface area contributed by atoms with Gasteiger partial charge in [-0.2, -0.15) is 24.3 Å². The van der Waals surface area contributed by atoms with Gasteiger partial charge in [-0.3, -0.25) is 12.2 Å². The SMILES string of the molecule is Fc1[c-]c(F)c(Cn2cccc2)cc1.Fc1[c-]c(F)c(Cn2cccc2)cc1.[C-]1=CC=CC1.[C-]1=CC=CC1.[Ti+4]. The predicted octanol–water partition coefficient (Wildman–Crippen LogP) is 7.84. The van der Waals surface area contributed by atoms with E-state index in [-0.39, 0.29) is 21.7 Å². The Morgan fingerprint density at radius 3 is 1.23 bits per heavy atom. The molecule has 0 saturated carbocycles. The molecule has 0 saturated heterocycles. The number of halogens is 4. The number of benzene rings is 2. The van der Waals surface area contributed by atoms with Crippen molar-refractivity contribution in [1.29, 1.82) is 0 Å². The summed E-state index contributed by atoms with van der Waals surface area (Å²) in [7, 11) is 0. The van der Waals surface area contributed by atoms with E-state index in [4.69, 9.17) is 0 Å². The van der Waals surface area contributed by atoms with E-state index in [0.717, 1.165) is 12.8 Å². The largest absolute Gasteiger partial charge is 4.00 e. The standard InChI is InChI=1S/2C11H8F2N.2C5H5.Ti/c2*12-10-4-3-9(11(13)7-10)8-14-5-1-2-6-14;2*1-2-4-5-3-1;/h2*1-6H,8H2;2*1-3H,4H2;/q4*-1;+4. The zero-order chi connectivity index (χ0) is 27.0. The van der Waals surface area contributed by atoms with Crippen molar-refractivity contribution >= 4 is 0 Å². The normalized spacial score (nSPS) is 12.0. The number of hydrogen-bond donors (Lipinski definition) is 0. The second kappa shape index (κ2) is 17.8. The van der Waals surface area contributed by atoms with Crippen molar-refractivity contribution in [3.63, 3.8) is 0 Å². The topological polar surface area (TPSA) is 9.86 Å². The van der Waals surface area contributed by atoms with Crippen molar-refractivity contribution < 1.29 is 39.3 Å². The van der Waals surface area contributed by atoms with E-state index in [1.807, 2.05) is 94.6 Å². The van der Waals surface area contributed by atoms with Gasteiger partial charge >= 0.3 is 21.7 Å². The third kappa shape index (κ3) is 12.2. The summed E-state index contributed by atoms with van der Waals surface area (Å²) in [5, 5.41) is 0. The molecule has 196 valence electrons. The molecule has 2 aromatic carbocycles. The van der Waals surface area contributed by atoms with Crippen LogP contribution in [0.2, 0.25) is 0 Å². The van der Waals surface area contributed by atoms with Gasteiger partial charge in [-0.25, -0.2) is 41.9 Å². The molecule has 2 nitrogen and oxygen atoms in total. The number of aromatic nitrogens is 2. The van der Waals surface area contributed by atoms with Crippen LogP contribution in [0.25, 0.3) is 0 Å². The van der Waals surface area contributed by atoms with Gasteiger partial charge in [-0.1, -0.05) is 0 Å². The molecule has 6 rings (SSSR count). The molecule has 0 aliphatic heterocycles. The second-order valence-electron chi connectivity index (χ2n) is 8.01. The van der Waals surface area contributed by atoms with E-state index in [0.29, 0.717) is 24.2 Å². The van der Waals surface area contributed by atoms with E-state index < -0.39 is 23.3 Å². The van der Waals surface area contributed by atoms with E-state index in [1.54, 1.807) is 0 Å². The third-order valence-corrected chi connectivity index (χ3v) is 5.09. The minimum atomic E-state index is -0.668. The Bertz CT molecular complexity index is 1230. The quantitative estimate of drug-likeness (QED) is 0.136. The molecule has 4 aromatic rings. The summed E-state index contributed by atoms with van der Waals surface area (Å²) in [4.78, 5) is 0. The van der Waals surface area contributed by atoms with Gasteiger partial charge in [-0.15, -0.1) is 48.2 Å². The molecular weight excluding hydrogens is 536 g/mol. The van der Waals surface area contributed by atoms with Gasteiger partial charge in [0.15, 0.2) is 0 Å². The first-order valence-corrected chi connectivity index (χ1v) is 11.9. The molecule has 39 heavy (non-hydrogen) atoms. The maximum Gasteiger partial charge on any atom is 4.00 e. The Labute approximate surface area is 242 Å². The molecule has 0 atom stereocenters. The zero-order valence-corrected chi connectivity index (χ0v) is 22.7. The van der Waals surface area contributed by atoms with Crippen molar-refractivity contribution in [3.8, 4) is 0 Å². The van der Waals surface area contributed by atoms with E-state index in [1.165, 1.54) is 24.3 Å². The average Bonchev–Trinajstić information content (AvgIpc) is 3.74. The first-order chi connectivity index (χ1) is 18.5. The zero-order valence-electron chi connectivity index (χ0n) is 21.1. The molecule has 2 heterocycles. The Hall–Kier alpha value is -3.61. The number of allylic oxidation sites excluding steroid dienone is 8. The van der Waals surface area contributed by atoms with Gasteiger partial charge in [-0.05, 0) is 24.3 Å². The minimum absolute atomic E-state index is 0. The number of rotatable bonds is 4. The molecule has 0 N–H and O–H groups in total. The van der Waals surface area contributed by atoms with Gasteiger partial charge in [0.25, 0.3) is 0 Å². The van der Waals surface area contributed by atoms with Crippen LogP contribution >= 0.6 is 0 Å². The molecule has 2 aliphatic carbocycles. The van der Waals surface area contributed by atoms with Crippen LogP contribution in [0.5, 0.6) is 0 Å². The van der Waals surface area contributed by atoms with Crippen LogP contribution in [0.1, 0.15) is 24.0 Å². The summed E-state index contributed by atoms with van der Waals surface area (Å²) in [5.74, 6) is -2.59. The van der Waals surface area contributed by atoms with Crippen molar-refractivity contribution in [1.82, 2.24) is 9.13 Å². The smallest absolute Gasteiger partial charge is 0.361 e. The minimum Gasteiger partial charge on any atom is -0.361 e. The molecule has 0 fully saturated rings. The Kier molecular flexibility index (Phi) is 14.4. The Morgan fingerprint density at radius 1 is 0.590 bits per heavy atom. The molecule has 2 aromatic heterocycles. The number of nitrogens with zero attached hydrogens (tertiary/aromatic N) is 2. The van der Waals surface area contributed by atoms with Gasteiger partial charge in [0.05, 0.1) is 0 Å². The summed E-state index contributed by atoms with van der Waals surface area (Å²) < 4.78 is 54.9. The second-order valence-corrected chi connectivity index (χ2v) is 8.01. The fraction of sp³-hybridized carbons (Fsp3) is 0.125. The van der Waals surface area contributed by atoms with Crippen LogP contribution in [-0.4, -0.2) is 9.13 Å². The van der Waals surface area contributed by atoms with E-state index in [2.05, 4.69) is 24.3 Å².